The molecule has 0 aliphatic heterocycles. The summed E-state index contributed by atoms with van der Waals surface area (Å²) in [6.45, 7) is 2.53. The third-order valence-electron chi connectivity index (χ3n) is 4.10. The van der Waals surface area contributed by atoms with Crippen molar-refractivity contribution in [2.45, 2.75) is 13.3 Å². The lowest BCUT2D eigenvalue weighted by Gasteiger charge is -2.12. The predicted octanol–water partition coefficient (Wildman–Crippen LogP) is 4.74. The molecule has 0 heterocycles. The summed E-state index contributed by atoms with van der Waals surface area (Å²) in [6.07, 6.45) is 0.837. The fourth-order valence-corrected chi connectivity index (χ4v) is 2.93. The summed E-state index contributed by atoms with van der Waals surface area (Å²) in [5.74, 6) is 0.505. The van der Waals surface area contributed by atoms with Gasteiger partial charge in [0.25, 0.3) is 5.91 Å². The molecule has 0 spiro atoms. The molecule has 0 aliphatic rings. The standard InChI is InChI=1S/C23H22N2O2S/c1-17-7-5-10-19(15-17)22(26)25-23(28)24-20-11-6-12-21(16-20)27-14-13-18-8-3-2-4-9-18/h2-12,15-16H,13-14H2,1H3,(H2,24,25,26,28). The van der Waals surface area contributed by atoms with Gasteiger partial charge in [-0.3, -0.25) is 10.1 Å². The molecule has 2 N–H and O–H groups in total. The SMILES string of the molecule is Cc1cccc(C(=O)NC(=S)Nc2cccc(OCCc3ccccc3)c2)c1. The minimum Gasteiger partial charge on any atom is -0.493 e. The minimum absolute atomic E-state index is 0.239. The van der Waals surface area contributed by atoms with E-state index in [1.807, 2.05) is 67.6 Å². The smallest absolute Gasteiger partial charge is 0.257 e. The van der Waals surface area contributed by atoms with Gasteiger partial charge in [0.1, 0.15) is 5.75 Å². The van der Waals surface area contributed by atoms with E-state index in [-0.39, 0.29) is 11.0 Å². The fourth-order valence-electron chi connectivity index (χ4n) is 2.72. The monoisotopic (exact) mass is 390 g/mol. The number of thiocarbonyl (C=S) groups is 1. The molecular weight excluding hydrogens is 368 g/mol. The Labute approximate surface area is 170 Å². The molecule has 0 fully saturated rings. The minimum atomic E-state index is -0.239. The van der Waals surface area contributed by atoms with Crippen molar-refractivity contribution in [3.05, 3.63) is 95.6 Å². The van der Waals surface area contributed by atoms with Crippen LogP contribution in [0, 0.1) is 6.92 Å². The summed E-state index contributed by atoms with van der Waals surface area (Å²) < 4.78 is 5.83. The summed E-state index contributed by atoms with van der Waals surface area (Å²) in [7, 11) is 0. The Kier molecular flexibility index (Phi) is 6.76. The lowest BCUT2D eigenvalue weighted by atomic mass is 10.1. The van der Waals surface area contributed by atoms with Crippen LogP contribution in [0.25, 0.3) is 0 Å². The van der Waals surface area contributed by atoms with Gasteiger partial charge in [0.2, 0.25) is 0 Å². The molecule has 0 aromatic heterocycles. The highest BCUT2D eigenvalue weighted by atomic mass is 32.1. The zero-order valence-electron chi connectivity index (χ0n) is 15.6. The van der Waals surface area contributed by atoms with Crippen molar-refractivity contribution >= 4 is 28.9 Å². The second-order valence-corrected chi connectivity index (χ2v) is 6.80. The van der Waals surface area contributed by atoms with Gasteiger partial charge in [0.05, 0.1) is 6.61 Å². The second kappa shape index (κ2) is 9.67. The number of aryl methyl sites for hydroxylation is 1. The normalized spacial score (nSPS) is 10.2. The number of rotatable bonds is 6. The molecule has 0 bridgehead atoms. The quantitative estimate of drug-likeness (QED) is 0.597. The highest BCUT2D eigenvalue weighted by Crippen LogP contribution is 2.17. The van der Waals surface area contributed by atoms with Gasteiger partial charge < -0.3 is 10.1 Å². The average Bonchev–Trinajstić information content (AvgIpc) is 2.69. The van der Waals surface area contributed by atoms with Crippen molar-refractivity contribution in [1.82, 2.24) is 5.32 Å². The highest BCUT2D eigenvalue weighted by molar-refractivity contribution is 7.80. The Balaban J connectivity index is 1.52. The van der Waals surface area contributed by atoms with E-state index in [9.17, 15) is 4.79 Å². The van der Waals surface area contributed by atoms with Crippen LogP contribution in [-0.4, -0.2) is 17.6 Å². The first-order valence-electron chi connectivity index (χ1n) is 9.06. The van der Waals surface area contributed by atoms with Crippen molar-refractivity contribution in [2.75, 3.05) is 11.9 Å². The van der Waals surface area contributed by atoms with E-state index in [4.69, 9.17) is 17.0 Å². The van der Waals surface area contributed by atoms with Crippen molar-refractivity contribution in [2.24, 2.45) is 0 Å². The van der Waals surface area contributed by atoms with Crippen molar-refractivity contribution < 1.29 is 9.53 Å². The van der Waals surface area contributed by atoms with Gasteiger partial charge in [0.15, 0.2) is 5.11 Å². The predicted molar refractivity (Wildman–Crippen MR) is 117 cm³/mol. The van der Waals surface area contributed by atoms with Gasteiger partial charge in [0, 0.05) is 23.7 Å². The summed E-state index contributed by atoms with van der Waals surface area (Å²) in [4.78, 5) is 12.3. The van der Waals surface area contributed by atoms with Gasteiger partial charge >= 0.3 is 0 Å². The molecule has 0 radical (unpaired) electrons. The summed E-state index contributed by atoms with van der Waals surface area (Å²) >= 11 is 5.26. The molecule has 4 nitrogen and oxygen atoms in total. The van der Waals surface area contributed by atoms with Crippen LogP contribution in [0.15, 0.2) is 78.9 Å². The molecule has 5 heteroatoms. The third-order valence-corrected chi connectivity index (χ3v) is 4.31. The maximum atomic E-state index is 12.3. The molecular formula is C23H22N2O2S. The van der Waals surface area contributed by atoms with E-state index in [1.165, 1.54) is 5.56 Å². The number of carbonyl (C=O) groups is 1. The maximum Gasteiger partial charge on any atom is 0.257 e. The van der Waals surface area contributed by atoms with Crippen LogP contribution in [0.1, 0.15) is 21.5 Å². The van der Waals surface area contributed by atoms with Crippen LogP contribution in [-0.2, 0) is 6.42 Å². The Morgan fingerprint density at radius 2 is 1.75 bits per heavy atom. The number of hydrogen-bond acceptors (Lipinski definition) is 3. The number of hydrogen-bond donors (Lipinski definition) is 2. The van der Waals surface area contributed by atoms with E-state index < -0.39 is 0 Å². The van der Waals surface area contributed by atoms with E-state index >= 15 is 0 Å². The Morgan fingerprint density at radius 1 is 0.964 bits per heavy atom. The summed E-state index contributed by atoms with van der Waals surface area (Å²) in [5.41, 5.74) is 3.58. The van der Waals surface area contributed by atoms with Gasteiger partial charge in [-0.1, -0.05) is 54.1 Å². The Bertz CT molecular complexity index is 958. The molecule has 3 aromatic rings. The highest BCUT2D eigenvalue weighted by Gasteiger charge is 2.08. The molecule has 3 rings (SSSR count). The molecule has 142 valence electrons. The zero-order chi connectivity index (χ0) is 19.8. The number of anilines is 1. The zero-order valence-corrected chi connectivity index (χ0v) is 16.5. The number of nitrogens with one attached hydrogen (secondary N) is 2. The molecule has 3 aromatic carbocycles. The van der Waals surface area contributed by atoms with Crippen molar-refractivity contribution in [3.8, 4) is 5.75 Å². The topological polar surface area (TPSA) is 50.4 Å². The van der Waals surface area contributed by atoms with E-state index in [1.54, 1.807) is 6.07 Å². The third kappa shape index (κ3) is 5.93. The van der Waals surface area contributed by atoms with Gasteiger partial charge in [-0.25, -0.2) is 0 Å². The first kappa shape index (κ1) is 19.6. The van der Waals surface area contributed by atoms with Crippen LogP contribution < -0.4 is 15.4 Å². The van der Waals surface area contributed by atoms with Crippen LogP contribution in [0.3, 0.4) is 0 Å². The molecule has 0 unspecified atom stereocenters. The van der Waals surface area contributed by atoms with Crippen LogP contribution in [0.5, 0.6) is 5.75 Å². The van der Waals surface area contributed by atoms with E-state index in [0.717, 1.165) is 23.4 Å². The van der Waals surface area contributed by atoms with E-state index in [0.29, 0.717) is 12.2 Å². The van der Waals surface area contributed by atoms with Crippen molar-refractivity contribution in [3.63, 3.8) is 0 Å². The molecule has 0 atom stereocenters. The van der Waals surface area contributed by atoms with Gasteiger partial charge in [-0.05, 0) is 49.0 Å². The largest absolute Gasteiger partial charge is 0.493 e. The molecule has 0 aliphatic carbocycles. The van der Waals surface area contributed by atoms with Crippen molar-refractivity contribution in [1.29, 1.82) is 0 Å². The molecule has 28 heavy (non-hydrogen) atoms. The van der Waals surface area contributed by atoms with Gasteiger partial charge in [-0.2, -0.15) is 0 Å². The first-order chi connectivity index (χ1) is 13.6. The second-order valence-electron chi connectivity index (χ2n) is 6.39. The number of benzene rings is 3. The Hall–Kier alpha value is -3.18. The average molecular weight is 391 g/mol. The fraction of sp³-hybridized carbons (Fsp3) is 0.130. The summed E-state index contributed by atoms with van der Waals surface area (Å²) in [5, 5.41) is 5.97. The van der Waals surface area contributed by atoms with Crippen LogP contribution >= 0.6 is 12.2 Å². The number of carbonyl (C=O) groups excluding carboxylic acids is 1. The van der Waals surface area contributed by atoms with Crippen LogP contribution in [0.2, 0.25) is 0 Å². The number of amides is 1. The summed E-state index contributed by atoms with van der Waals surface area (Å²) in [6, 6.07) is 25.1. The molecule has 0 saturated heterocycles. The molecule has 0 saturated carbocycles. The Morgan fingerprint density at radius 3 is 2.54 bits per heavy atom. The first-order valence-corrected chi connectivity index (χ1v) is 9.47. The lowest BCUT2D eigenvalue weighted by Crippen LogP contribution is -2.34. The lowest BCUT2D eigenvalue weighted by molar-refractivity contribution is 0.0977. The number of ether oxygens (including phenoxy) is 1. The van der Waals surface area contributed by atoms with Crippen LogP contribution in [0.4, 0.5) is 5.69 Å². The molecule has 1 amide bonds. The van der Waals surface area contributed by atoms with E-state index in [2.05, 4.69) is 22.8 Å². The van der Waals surface area contributed by atoms with Gasteiger partial charge in [-0.15, -0.1) is 0 Å². The maximum absolute atomic E-state index is 12.3.